The maximum absolute atomic E-state index is 12.4. The number of nitrogens with zero attached hydrogens (tertiary/aromatic N) is 1. The molecule has 6 nitrogen and oxygen atoms in total. The lowest BCUT2D eigenvalue weighted by Crippen LogP contribution is -2.40. The van der Waals surface area contributed by atoms with Crippen LogP contribution in [0.25, 0.3) is 0 Å². The molecule has 8 heteroatoms. The second-order valence-electron chi connectivity index (χ2n) is 5.54. The molecule has 0 aliphatic carbocycles. The highest BCUT2D eigenvalue weighted by atomic mass is 79.9. The highest BCUT2D eigenvalue weighted by Crippen LogP contribution is 2.20. The molecule has 1 aliphatic heterocycles. The summed E-state index contributed by atoms with van der Waals surface area (Å²) < 4.78 is 33.2. The third-order valence-electron chi connectivity index (χ3n) is 3.79. The van der Waals surface area contributed by atoms with Crippen molar-refractivity contribution in [3.8, 4) is 0 Å². The third-order valence-corrected chi connectivity index (χ3v) is 5.66. The fourth-order valence-corrected chi connectivity index (χ4v) is 4.13. The topological polar surface area (TPSA) is 75.7 Å². The molecule has 0 unspecified atom stereocenters. The molecule has 132 valence electrons. The van der Waals surface area contributed by atoms with Crippen molar-refractivity contribution in [2.45, 2.75) is 4.90 Å². The fourth-order valence-electron chi connectivity index (χ4n) is 2.48. The van der Waals surface area contributed by atoms with Crippen LogP contribution in [0.3, 0.4) is 0 Å². The lowest BCUT2D eigenvalue weighted by molar-refractivity contribution is 0.0303. The van der Waals surface area contributed by atoms with Gasteiger partial charge in [-0.05, 0) is 42.5 Å². The summed E-state index contributed by atoms with van der Waals surface area (Å²) in [5.41, 5.74) is 0.922. The predicted octanol–water partition coefficient (Wildman–Crippen LogP) is 2.72. The van der Waals surface area contributed by atoms with Gasteiger partial charge < -0.3 is 9.64 Å². The van der Waals surface area contributed by atoms with Gasteiger partial charge in [0.15, 0.2) is 0 Å². The van der Waals surface area contributed by atoms with E-state index >= 15 is 0 Å². The number of anilines is 1. The molecule has 1 fully saturated rings. The molecule has 2 aromatic carbocycles. The Labute approximate surface area is 155 Å². The van der Waals surface area contributed by atoms with Gasteiger partial charge in [-0.15, -0.1) is 0 Å². The normalized spacial score (nSPS) is 15.0. The molecular weight excluding hydrogens is 408 g/mol. The van der Waals surface area contributed by atoms with E-state index in [9.17, 15) is 13.2 Å². The minimum Gasteiger partial charge on any atom is -0.378 e. The highest BCUT2D eigenvalue weighted by molar-refractivity contribution is 9.10. The molecule has 0 radical (unpaired) electrons. The van der Waals surface area contributed by atoms with Gasteiger partial charge in [0.25, 0.3) is 15.9 Å². The molecule has 2 aromatic rings. The number of morpholine rings is 1. The molecule has 1 heterocycles. The molecule has 1 N–H and O–H groups in total. The van der Waals surface area contributed by atoms with Gasteiger partial charge in [-0.1, -0.05) is 22.0 Å². The Hall–Kier alpha value is -1.90. The number of amides is 1. The summed E-state index contributed by atoms with van der Waals surface area (Å²) in [5.74, 6) is -0.0790. The van der Waals surface area contributed by atoms with Crippen LogP contribution in [0, 0.1) is 0 Å². The monoisotopic (exact) mass is 424 g/mol. The maximum Gasteiger partial charge on any atom is 0.261 e. The Balaban J connectivity index is 1.73. The number of hydrogen-bond donors (Lipinski definition) is 1. The molecule has 25 heavy (non-hydrogen) atoms. The van der Waals surface area contributed by atoms with Crippen LogP contribution in [0.4, 0.5) is 5.69 Å². The van der Waals surface area contributed by atoms with Gasteiger partial charge in [0.05, 0.1) is 18.1 Å². The number of carbonyl (C=O) groups excluding carboxylic acids is 1. The van der Waals surface area contributed by atoms with Crippen LogP contribution in [0.5, 0.6) is 0 Å². The molecule has 0 spiro atoms. The number of ether oxygens (including phenoxy) is 1. The van der Waals surface area contributed by atoms with Crippen molar-refractivity contribution in [3.63, 3.8) is 0 Å². The smallest absolute Gasteiger partial charge is 0.261 e. The number of benzene rings is 2. The zero-order valence-electron chi connectivity index (χ0n) is 13.3. The number of nitrogens with one attached hydrogen (secondary N) is 1. The molecule has 3 rings (SSSR count). The first-order chi connectivity index (χ1) is 12.0. The Bertz CT molecular complexity index is 862. The summed E-state index contributed by atoms with van der Waals surface area (Å²) in [4.78, 5) is 14.3. The number of carbonyl (C=O) groups is 1. The Morgan fingerprint density at radius 3 is 2.40 bits per heavy atom. The number of halogens is 1. The van der Waals surface area contributed by atoms with Gasteiger partial charge >= 0.3 is 0 Å². The number of rotatable bonds is 4. The van der Waals surface area contributed by atoms with Gasteiger partial charge in [0, 0.05) is 28.8 Å². The maximum atomic E-state index is 12.4. The molecule has 0 atom stereocenters. The van der Waals surface area contributed by atoms with Gasteiger partial charge in [-0.3, -0.25) is 9.52 Å². The van der Waals surface area contributed by atoms with Crippen LogP contribution in [0.2, 0.25) is 0 Å². The molecule has 0 saturated carbocycles. The first-order valence-corrected chi connectivity index (χ1v) is 9.99. The van der Waals surface area contributed by atoms with Crippen LogP contribution < -0.4 is 4.72 Å². The fraction of sp³-hybridized carbons (Fsp3) is 0.235. The van der Waals surface area contributed by atoms with E-state index in [1.807, 2.05) is 0 Å². The van der Waals surface area contributed by atoms with E-state index in [0.29, 0.717) is 42.0 Å². The Morgan fingerprint density at radius 2 is 1.76 bits per heavy atom. The van der Waals surface area contributed by atoms with Gasteiger partial charge in [0.1, 0.15) is 0 Å². The van der Waals surface area contributed by atoms with Crippen LogP contribution in [0.15, 0.2) is 57.9 Å². The molecule has 0 aromatic heterocycles. The van der Waals surface area contributed by atoms with Gasteiger partial charge in [-0.2, -0.15) is 0 Å². The van der Waals surface area contributed by atoms with E-state index in [1.165, 1.54) is 12.1 Å². The van der Waals surface area contributed by atoms with Crippen molar-refractivity contribution in [1.82, 2.24) is 4.90 Å². The van der Waals surface area contributed by atoms with Crippen molar-refractivity contribution in [2.75, 3.05) is 31.0 Å². The molecule has 0 bridgehead atoms. The molecular formula is C17H17BrN2O4S. The van der Waals surface area contributed by atoms with Gasteiger partial charge in [0.2, 0.25) is 0 Å². The zero-order chi connectivity index (χ0) is 17.9. The molecule has 1 aliphatic rings. The van der Waals surface area contributed by atoms with Crippen molar-refractivity contribution < 1.29 is 17.9 Å². The van der Waals surface area contributed by atoms with E-state index in [0.717, 1.165) is 0 Å². The van der Waals surface area contributed by atoms with Crippen molar-refractivity contribution in [1.29, 1.82) is 0 Å². The van der Waals surface area contributed by atoms with E-state index < -0.39 is 10.0 Å². The largest absolute Gasteiger partial charge is 0.378 e. The van der Waals surface area contributed by atoms with E-state index in [1.54, 1.807) is 41.3 Å². The van der Waals surface area contributed by atoms with E-state index in [4.69, 9.17) is 4.74 Å². The van der Waals surface area contributed by atoms with Gasteiger partial charge in [-0.25, -0.2) is 8.42 Å². The van der Waals surface area contributed by atoms with Crippen LogP contribution in [-0.2, 0) is 14.8 Å². The third kappa shape index (κ3) is 4.39. The van der Waals surface area contributed by atoms with E-state index in [-0.39, 0.29) is 10.8 Å². The summed E-state index contributed by atoms with van der Waals surface area (Å²) in [5, 5.41) is 0. The lowest BCUT2D eigenvalue weighted by Gasteiger charge is -2.26. The first kappa shape index (κ1) is 17.9. The predicted molar refractivity (Wildman–Crippen MR) is 98.1 cm³/mol. The van der Waals surface area contributed by atoms with Crippen LogP contribution in [-0.4, -0.2) is 45.5 Å². The van der Waals surface area contributed by atoms with Crippen molar-refractivity contribution >= 4 is 37.5 Å². The second-order valence-corrected chi connectivity index (χ2v) is 8.14. The van der Waals surface area contributed by atoms with Crippen molar-refractivity contribution in [3.05, 3.63) is 58.6 Å². The average molecular weight is 425 g/mol. The molecule has 1 saturated heterocycles. The molecule has 1 amide bonds. The summed E-state index contributed by atoms with van der Waals surface area (Å²) in [7, 11) is -3.68. The second kappa shape index (κ2) is 7.55. The lowest BCUT2D eigenvalue weighted by atomic mass is 10.2. The van der Waals surface area contributed by atoms with Crippen LogP contribution >= 0.6 is 15.9 Å². The summed E-state index contributed by atoms with van der Waals surface area (Å²) >= 11 is 3.26. The first-order valence-electron chi connectivity index (χ1n) is 7.71. The van der Waals surface area contributed by atoms with E-state index in [2.05, 4.69) is 20.7 Å². The highest BCUT2D eigenvalue weighted by Gasteiger charge is 2.19. The average Bonchev–Trinajstić information content (AvgIpc) is 2.62. The zero-order valence-corrected chi connectivity index (χ0v) is 15.7. The Kier molecular flexibility index (Phi) is 5.41. The number of hydrogen-bond acceptors (Lipinski definition) is 4. The Morgan fingerprint density at radius 1 is 1.08 bits per heavy atom. The number of sulfonamides is 1. The SMILES string of the molecule is O=C(c1ccc(NS(=O)(=O)c2cccc(Br)c2)cc1)N1CCOCC1. The standard InChI is InChI=1S/C17H17BrN2O4S/c18-14-2-1-3-16(12-14)25(22,23)19-15-6-4-13(5-7-15)17(21)20-8-10-24-11-9-20/h1-7,12,19H,8-11H2. The summed E-state index contributed by atoms with van der Waals surface area (Å²) in [6, 6.07) is 12.9. The quantitative estimate of drug-likeness (QED) is 0.818. The minimum atomic E-state index is -3.68. The summed E-state index contributed by atoms with van der Waals surface area (Å²) in [6.45, 7) is 2.21. The minimum absolute atomic E-state index is 0.0790. The van der Waals surface area contributed by atoms with Crippen LogP contribution in [0.1, 0.15) is 10.4 Å². The summed E-state index contributed by atoms with van der Waals surface area (Å²) in [6.07, 6.45) is 0. The van der Waals surface area contributed by atoms with Crippen molar-refractivity contribution in [2.24, 2.45) is 0 Å².